The van der Waals surface area contributed by atoms with Crippen molar-refractivity contribution in [1.29, 1.82) is 0 Å². The third-order valence-corrected chi connectivity index (χ3v) is 3.50. The van der Waals surface area contributed by atoms with E-state index in [1.165, 1.54) is 10.3 Å². The standard InChI is InChI=1S/C13H12N4S/c1-8-2-4-10-11(6-8)18-13(16-10)17-12-5-3-9(14)7-15-12/h2-7H,14H2,1H3,(H,15,16,17). The Morgan fingerprint density at radius 3 is 2.89 bits per heavy atom. The van der Waals surface area contributed by atoms with E-state index < -0.39 is 0 Å². The van der Waals surface area contributed by atoms with E-state index in [2.05, 4.69) is 34.3 Å². The summed E-state index contributed by atoms with van der Waals surface area (Å²) in [5, 5.41) is 4.02. The van der Waals surface area contributed by atoms with Crippen LogP contribution in [0.3, 0.4) is 0 Å². The Labute approximate surface area is 109 Å². The van der Waals surface area contributed by atoms with Crippen LogP contribution >= 0.6 is 11.3 Å². The van der Waals surface area contributed by atoms with Gasteiger partial charge in [0.2, 0.25) is 0 Å². The molecule has 0 aliphatic heterocycles. The van der Waals surface area contributed by atoms with Gasteiger partial charge in [-0.1, -0.05) is 17.4 Å². The SMILES string of the molecule is Cc1ccc2nc(Nc3ccc(N)cn3)sc2c1. The number of hydrogen-bond donors (Lipinski definition) is 2. The number of aryl methyl sites for hydroxylation is 1. The highest BCUT2D eigenvalue weighted by molar-refractivity contribution is 7.22. The lowest BCUT2D eigenvalue weighted by molar-refractivity contribution is 1.30. The monoisotopic (exact) mass is 256 g/mol. The summed E-state index contributed by atoms with van der Waals surface area (Å²) >= 11 is 1.62. The van der Waals surface area contributed by atoms with Gasteiger partial charge in [0.15, 0.2) is 5.13 Å². The fourth-order valence-corrected chi connectivity index (χ4v) is 2.65. The number of hydrogen-bond acceptors (Lipinski definition) is 5. The van der Waals surface area contributed by atoms with Crippen LogP contribution < -0.4 is 11.1 Å². The molecule has 0 fully saturated rings. The predicted octanol–water partition coefficient (Wildman–Crippen LogP) is 3.33. The maximum absolute atomic E-state index is 5.59. The molecule has 0 amide bonds. The van der Waals surface area contributed by atoms with E-state index in [4.69, 9.17) is 5.73 Å². The summed E-state index contributed by atoms with van der Waals surface area (Å²) in [5.41, 5.74) is 8.49. The van der Waals surface area contributed by atoms with Crippen LogP contribution in [-0.4, -0.2) is 9.97 Å². The van der Waals surface area contributed by atoms with Crippen molar-refractivity contribution in [2.45, 2.75) is 6.92 Å². The Kier molecular flexibility index (Phi) is 2.60. The number of nitrogens with two attached hydrogens (primary N) is 1. The molecule has 90 valence electrons. The molecule has 4 nitrogen and oxygen atoms in total. The zero-order chi connectivity index (χ0) is 12.5. The highest BCUT2D eigenvalue weighted by Crippen LogP contribution is 2.28. The first-order valence-corrected chi connectivity index (χ1v) is 6.38. The van der Waals surface area contributed by atoms with Gasteiger partial charge >= 0.3 is 0 Å². The maximum atomic E-state index is 5.59. The summed E-state index contributed by atoms with van der Waals surface area (Å²) in [7, 11) is 0. The first-order chi connectivity index (χ1) is 8.70. The molecule has 0 saturated heterocycles. The van der Waals surface area contributed by atoms with Crippen LogP contribution in [0.5, 0.6) is 0 Å². The van der Waals surface area contributed by atoms with Crippen LogP contribution in [0.4, 0.5) is 16.6 Å². The smallest absolute Gasteiger partial charge is 0.189 e. The Morgan fingerprint density at radius 1 is 1.22 bits per heavy atom. The molecule has 5 heteroatoms. The van der Waals surface area contributed by atoms with Gasteiger partial charge in [0.1, 0.15) is 5.82 Å². The van der Waals surface area contributed by atoms with Crippen LogP contribution in [0.15, 0.2) is 36.5 Å². The summed E-state index contributed by atoms with van der Waals surface area (Å²) in [4.78, 5) is 8.70. The summed E-state index contributed by atoms with van der Waals surface area (Å²) in [6.07, 6.45) is 1.62. The van der Waals surface area contributed by atoms with Gasteiger partial charge in [-0.05, 0) is 36.8 Å². The molecule has 1 aromatic carbocycles. The highest BCUT2D eigenvalue weighted by Gasteiger charge is 2.04. The van der Waals surface area contributed by atoms with E-state index in [-0.39, 0.29) is 0 Å². The third kappa shape index (κ3) is 2.12. The highest BCUT2D eigenvalue weighted by atomic mass is 32.1. The molecule has 0 unspecified atom stereocenters. The minimum atomic E-state index is 0.653. The number of benzene rings is 1. The van der Waals surface area contributed by atoms with Gasteiger partial charge in [0.05, 0.1) is 22.1 Å². The molecule has 3 N–H and O–H groups in total. The first-order valence-electron chi connectivity index (χ1n) is 5.56. The third-order valence-electron chi connectivity index (χ3n) is 2.57. The number of nitrogens with one attached hydrogen (secondary N) is 1. The molecule has 0 aliphatic rings. The molecule has 0 radical (unpaired) electrons. The van der Waals surface area contributed by atoms with E-state index in [0.29, 0.717) is 5.69 Å². The van der Waals surface area contributed by atoms with Crippen molar-refractivity contribution in [3.63, 3.8) is 0 Å². The van der Waals surface area contributed by atoms with E-state index in [1.807, 2.05) is 18.2 Å². The first kappa shape index (κ1) is 11.0. The largest absolute Gasteiger partial charge is 0.397 e. The van der Waals surface area contributed by atoms with Gasteiger partial charge < -0.3 is 11.1 Å². The second-order valence-electron chi connectivity index (χ2n) is 4.09. The van der Waals surface area contributed by atoms with Gasteiger partial charge in [0, 0.05) is 0 Å². The van der Waals surface area contributed by atoms with Gasteiger partial charge in [-0.2, -0.15) is 0 Å². The normalized spacial score (nSPS) is 10.7. The summed E-state index contributed by atoms with van der Waals surface area (Å²) < 4.78 is 1.17. The second-order valence-corrected chi connectivity index (χ2v) is 5.12. The lowest BCUT2D eigenvalue weighted by Crippen LogP contribution is -1.93. The van der Waals surface area contributed by atoms with Crippen LogP contribution in [-0.2, 0) is 0 Å². The number of fused-ring (bicyclic) bond motifs is 1. The van der Waals surface area contributed by atoms with Crippen LogP contribution in [0, 0.1) is 6.92 Å². The fourth-order valence-electron chi connectivity index (χ4n) is 1.67. The predicted molar refractivity (Wildman–Crippen MR) is 76.3 cm³/mol. The van der Waals surface area contributed by atoms with Crippen molar-refractivity contribution >= 4 is 38.2 Å². The molecular formula is C13H12N4S. The molecule has 0 spiro atoms. The van der Waals surface area contributed by atoms with Crippen molar-refractivity contribution in [2.24, 2.45) is 0 Å². The van der Waals surface area contributed by atoms with Crippen LogP contribution in [0.2, 0.25) is 0 Å². The van der Waals surface area contributed by atoms with E-state index in [0.717, 1.165) is 16.5 Å². The quantitative estimate of drug-likeness (QED) is 0.738. The molecule has 0 bridgehead atoms. The number of aromatic nitrogens is 2. The number of pyridine rings is 1. The lowest BCUT2D eigenvalue weighted by Gasteiger charge is -2.00. The van der Waals surface area contributed by atoms with E-state index in [9.17, 15) is 0 Å². The Hall–Kier alpha value is -2.14. The van der Waals surface area contributed by atoms with Crippen molar-refractivity contribution in [1.82, 2.24) is 9.97 Å². The van der Waals surface area contributed by atoms with E-state index >= 15 is 0 Å². The molecule has 2 heterocycles. The zero-order valence-corrected chi connectivity index (χ0v) is 10.7. The molecule has 18 heavy (non-hydrogen) atoms. The molecular weight excluding hydrogens is 244 g/mol. The van der Waals surface area contributed by atoms with Gasteiger partial charge in [0.25, 0.3) is 0 Å². The number of nitrogen functional groups attached to an aromatic ring is 1. The van der Waals surface area contributed by atoms with Crippen molar-refractivity contribution in [3.8, 4) is 0 Å². The number of rotatable bonds is 2. The topological polar surface area (TPSA) is 63.8 Å². The lowest BCUT2D eigenvalue weighted by atomic mass is 10.2. The minimum Gasteiger partial charge on any atom is -0.397 e. The molecule has 0 aliphatic carbocycles. The average molecular weight is 256 g/mol. The van der Waals surface area contributed by atoms with Gasteiger partial charge in [-0.15, -0.1) is 0 Å². The number of thiazole rings is 1. The van der Waals surface area contributed by atoms with Crippen molar-refractivity contribution in [3.05, 3.63) is 42.1 Å². The van der Waals surface area contributed by atoms with Crippen molar-refractivity contribution < 1.29 is 0 Å². The van der Waals surface area contributed by atoms with Gasteiger partial charge in [-0.3, -0.25) is 0 Å². The number of anilines is 3. The Morgan fingerprint density at radius 2 is 2.11 bits per heavy atom. The average Bonchev–Trinajstić information content (AvgIpc) is 2.73. The Bertz CT molecular complexity index is 688. The molecule has 2 aromatic heterocycles. The summed E-state index contributed by atoms with van der Waals surface area (Å²) in [5.74, 6) is 0.750. The maximum Gasteiger partial charge on any atom is 0.189 e. The zero-order valence-electron chi connectivity index (χ0n) is 9.84. The molecule has 3 aromatic rings. The van der Waals surface area contributed by atoms with Crippen LogP contribution in [0.25, 0.3) is 10.2 Å². The number of nitrogens with zero attached hydrogens (tertiary/aromatic N) is 2. The molecule has 3 rings (SSSR count). The van der Waals surface area contributed by atoms with Crippen molar-refractivity contribution in [2.75, 3.05) is 11.1 Å². The summed E-state index contributed by atoms with van der Waals surface area (Å²) in [6, 6.07) is 9.88. The fraction of sp³-hybridized carbons (Fsp3) is 0.0769. The molecule has 0 atom stereocenters. The van der Waals surface area contributed by atoms with Gasteiger partial charge in [-0.25, -0.2) is 9.97 Å². The summed E-state index contributed by atoms with van der Waals surface area (Å²) in [6.45, 7) is 2.08. The Balaban J connectivity index is 1.92. The van der Waals surface area contributed by atoms with Crippen LogP contribution in [0.1, 0.15) is 5.56 Å². The second kappa shape index (κ2) is 4.27. The molecule has 0 saturated carbocycles. The minimum absolute atomic E-state index is 0.653. The van der Waals surface area contributed by atoms with E-state index in [1.54, 1.807) is 17.5 Å².